The molecule has 1 saturated heterocycles. The van der Waals surface area contributed by atoms with Gasteiger partial charge in [-0.1, -0.05) is 74.0 Å². The number of ether oxygens (including phenoxy) is 1. The zero-order valence-corrected chi connectivity index (χ0v) is 22.9. The van der Waals surface area contributed by atoms with Crippen LogP contribution in [0.3, 0.4) is 0 Å². The summed E-state index contributed by atoms with van der Waals surface area (Å²) >= 11 is 0. The second-order valence-electron chi connectivity index (χ2n) is 10.4. The lowest BCUT2D eigenvalue weighted by Crippen LogP contribution is -2.29. The molecule has 1 unspecified atom stereocenters. The highest BCUT2D eigenvalue weighted by Gasteiger charge is 2.46. The van der Waals surface area contributed by atoms with Gasteiger partial charge in [-0.3, -0.25) is 14.6 Å². The predicted octanol–water partition coefficient (Wildman–Crippen LogP) is 6.71. The molecule has 4 aromatic rings. The number of carbonyl (C=O) groups is 2. The fourth-order valence-corrected chi connectivity index (χ4v) is 4.97. The Labute approximate surface area is 234 Å². The number of nitrogens with zero attached hydrogens (tertiary/aromatic N) is 2. The number of hydrogen-bond donors (Lipinski definition) is 1. The van der Waals surface area contributed by atoms with E-state index in [1.54, 1.807) is 42.7 Å². The van der Waals surface area contributed by atoms with E-state index in [1.165, 1.54) is 4.90 Å². The molecule has 1 aliphatic heterocycles. The predicted molar refractivity (Wildman–Crippen MR) is 155 cm³/mol. The molecule has 1 atom stereocenters. The third kappa shape index (κ3) is 5.66. The van der Waals surface area contributed by atoms with Gasteiger partial charge in [0.1, 0.15) is 18.1 Å². The molecular formula is C34H32N2O4. The fraction of sp³-hybridized carbons (Fsp3) is 0.206. The summed E-state index contributed by atoms with van der Waals surface area (Å²) in [7, 11) is 0. The van der Waals surface area contributed by atoms with Gasteiger partial charge in [0, 0.05) is 24.5 Å². The van der Waals surface area contributed by atoms with Gasteiger partial charge in [-0.15, -0.1) is 0 Å². The average Bonchev–Trinajstić information content (AvgIpc) is 3.21. The second-order valence-corrected chi connectivity index (χ2v) is 10.4. The molecule has 0 saturated carbocycles. The van der Waals surface area contributed by atoms with Crippen LogP contribution >= 0.6 is 0 Å². The maximum atomic E-state index is 13.4. The van der Waals surface area contributed by atoms with Crippen LogP contribution in [0.5, 0.6) is 5.75 Å². The van der Waals surface area contributed by atoms with Crippen LogP contribution in [0.2, 0.25) is 0 Å². The summed E-state index contributed by atoms with van der Waals surface area (Å²) in [6.07, 6.45) is 3.34. The number of aromatic nitrogens is 1. The van der Waals surface area contributed by atoms with Gasteiger partial charge in [-0.05, 0) is 65.4 Å². The topological polar surface area (TPSA) is 79.7 Å². The summed E-state index contributed by atoms with van der Waals surface area (Å²) in [4.78, 5) is 32.3. The van der Waals surface area contributed by atoms with Gasteiger partial charge in [0.05, 0.1) is 11.6 Å². The van der Waals surface area contributed by atoms with Gasteiger partial charge in [0.2, 0.25) is 0 Å². The minimum Gasteiger partial charge on any atom is -0.507 e. The standard InChI is InChI=1S/C34H32N2O4/c1-22(2)26-9-11-27(12-10-26)31-30(33(38)34(39)36(31)20-25-8-5-17-35-19-25)32(37)28-13-15-29(16-14-28)40-21-24-7-4-6-23(3)18-24/h4-19,22,31,37H,20-21H2,1-3H3/b32-30+. The number of ketones is 1. The van der Waals surface area contributed by atoms with E-state index in [0.29, 0.717) is 23.8 Å². The van der Waals surface area contributed by atoms with E-state index >= 15 is 0 Å². The highest BCUT2D eigenvalue weighted by atomic mass is 16.5. The van der Waals surface area contributed by atoms with Gasteiger partial charge < -0.3 is 14.7 Å². The Morgan fingerprint density at radius 1 is 0.950 bits per heavy atom. The van der Waals surface area contributed by atoms with Crippen LogP contribution < -0.4 is 4.74 Å². The van der Waals surface area contributed by atoms with Crippen molar-refractivity contribution in [2.75, 3.05) is 0 Å². The normalized spacial score (nSPS) is 16.5. The quantitative estimate of drug-likeness (QED) is 0.155. The Balaban J connectivity index is 1.48. The number of amides is 1. The van der Waals surface area contributed by atoms with Gasteiger partial charge >= 0.3 is 0 Å². The summed E-state index contributed by atoms with van der Waals surface area (Å²) < 4.78 is 5.92. The lowest BCUT2D eigenvalue weighted by molar-refractivity contribution is -0.140. The average molecular weight is 533 g/mol. The third-order valence-corrected chi connectivity index (χ3v) is 7.15. The van der Waals surface area contributed by atoms with E-state index in [0.717, 1.165) is 27.8 Å². The Hall–Kier alpha value is -4.71. The molecule has 1 amide bonds. The van der Waals surface area contributed by atoms with Crippen LogP contribution in [0.4, 0.5) is 0 Å². The number of carbonyl (C=O) groups excluding carboxylic acids is 2. The van der Waals surface area contributed by atoms with Crippen LogP contribution in [-0.4, -0.2) is 26.7 Å². The number of aryl methyl sites for hydroxylation is 1. The number of likely N-dealkylation sites (tertiary alicyclic amines) is 1. The Morgan fingerprint density at radius 3 is 2.33 bits per heavy atom. The van der Waals surface area contributed by atoms with E-state index in [9.17, 15) is 14.7 Å². The Bertz CT molecular complexity index is 1540. The minimum absolute atomic E-state index is 0.0691. The molecule has 0 bridgehead atoms. The molecule has 2 heterocycles. The lowest BCUT2D eigenvalue weighted by atomic mass is 9.93. The van der Waals surface area contributed by atoms with Crippen LogP contribution in [0.1, 0.15) is 59.2 Å². The van der Waals surface area contributed by atoms with Gasteiger partial charge in [0.15, 0.2) is 0 Å². The number of rotatable bonds is 8. The number of pyridine rings is 1. The minimum atomic E-state index is -0.737. The van der Waals surface area contributed by atoms with Crippen molar-refractivity contribution in [1.29, 1.82) is 0 Å². The Kier molecular flexibility index (Phi) is 7.78. The van der Waals surface area contributed by atoms with E-state index in [2.05, 4.69) is 24.9 Å². The molecule has 1 fully saturated rings. The summed E-state index contributed by atoms with van der Waals surface area (Å²) in [5.74, 6) is -0.603. The molecule has 0 spiro atoms. The van der Waals surface area contributed by atoms with Crippen molar-refractivity contribution in [3.05, 3.63) is 136 Å². The van der Waals surface area contributed by atoms with Crippen LogP contribution in [0.25, 0.3) is 5.76 Å². The zero-order valence-electron chi connectivity index (χ0n) is 22.9. The highest BCUT2D eigenvalue weighted by Crippen LogP contribution is 2.40. The number of aliphatic hydroxyl groups is 1. The molecule has 5 rings (SSSR count). The van der Waals surface area contributed by atoms with Gasteiger partial charge in [-0.2, -0.15) is 0 Å². The van der Waals surface area contributed by atoms with Crippen molar-refractivity contribution in [2.45, 2.75) is 45.9 Å². The Morgan fingerprint density at radius 2 is 1.68 bits per heavy atom. The number of hydrogen-bond acceptors (Lipinski definition) is 5. The van der Waals surface area contributed by atoms with Crippen molar-refractivity contribution < 1.29 is 19.4 Å². The fourth-order valence-electron chi connectivity index (χ4n) is 4.97. The van der Waals surface area contributed by atoms with E-state index in [-0.39, 0.29) is 17.9 Å². The first kappa shape index (κ1) is 26.9. The van der Waals surface area contributed by atoms with Crippen molar-refractivity contribution in [2.24, 2.45) is 0 Å². The molecule has 6 heteroatoms. The van der Waals surface area contributed by atoms with Crippen LogP contribution in [-0.2, 0) is 22.7 Å². The molecule has 0 radical (unpaired) electrons. The van der Waals surface area contributed by atoms with E-state index in [1.807, 2.05) is 55.5 Å². The lowest BCUT2D eigenvalue weighted by Gasteiger charge is -2.25. The van der Waals surface area contributed by atoms with E-state index < -0.39 is 17.7 Å². The van der Waals surface area contributed by atoms with Crippen molar-refractivity contribution >= 4 is 17.4 Å². The first-order valence-electron chi connectivity index (χ1n) is 13.4. The highest BCUT2D eigenvalue weighted by molar-refractivity contribution is 6.46. The summed E-state index contributed by atoms with van der Waals surface area (Å²) in [5.41, 5.74) is 5.43. The molecule has 1 aromatic heterocycles. The molecule has 40 heavy (non-hydrogen) atoms. The molecular weight excluding hydrogens is 500 g/mol. The number of benzene rings is 3. The smallest absolute Gasteiger partial charge is 0.295 e. The molecule has 3 aromatic carbocycles. The zero-order chi connectivity index (χ0) is 28.2. The van der Waals surface area contributed by atoms with Crippen LogP contribution in [0, 0.1) is 6.92 Å². The molecule has 1 aliphatic rings. The second kappa shape index (κ2) is 11.6. The maximum Gasteiger partial charge on any atom is 0.295 e. The van der Waals surface area contributed by atoms with Crippen LogP contribution in [0.15, 0.2) is 103 Å². The first-order chi connectivity index (χ1) is 19.3. The van der Waals surface area contributed by atoms with Crippen molar-refractivity contribution in [1.82, 2.24) is 9.88 Å². The first-order valence-corrected chi connectivity index (χ1v) is 13.4. The SMILES string of the molecule is Cc1cccc(COc2ccc(/C(O)=C3\C(=O)C(=O)N(Cc4cccnc4)C3c3ccc(C(C)C)cc3)cc2)c1. The van der Waals surface area contributed by atoms with Gasteiger partial charge in [-0.25, -0.2) is 0 Å². The molecule has 1 N–H and O–H groups in total. The van der Waals surface area contributed by atoms with E-state index in [4.69, 9.17) is 4.74 Å². The summed E-state index contributed by atoms with van der Waals surface area (Å²) in [6, 6.07) is 25.8. The monoisotopic (exact) mass is 532 g/mol. The molecule has 0 aliphatic carbocycles. The largest absolute Gasteiger partial charge is 0.507 e. The van der Waals surface area contributed by atoms with Crippen molar-refractivity contribution in [3.8, 4) is 5.75 Å². The number of aliphatic hydroxyl groups excluding tert-OH is 1. The molecule has 202 valence electrons. The number of Topliss-reactive ketones (excluding diaryl/α,β-unsaturated/α-hetero) is 1. The summed E-state index contributed by atoms with van der Waals surface area (Å²) in [6.45, 7) is 6.86. The van der Waals surface area contributed by atoms with Crippen molar-refractivity contribution in [3.63, 3.8) is 0 Å². The summed E-state index contributed by atoms with van der Waals surface area (Å²) in [5, 5.41) is 11.4. The molecule has 6 nitrogen and oxygen atoms in total. The maximum absolute atomic E-state index is 13.4. The third-order valence-electron chi connectivity index (χ3n) is 7.15. The van der Waals surface area contributed by atoms with Gasteiger partial charge in [0.25, 0.3) is 11.7 Å².